The summed E-state index contributed by atoms with van der Waals surface area (Å²) in [6.07, 6.45) is -3.30. The predicted octanol–water partition coefficient (Wildman–Crippen LogP) is 4.87. The van der Waals surface area contributed by atoms with E-state index >= 15 is 0 Å². The summed E-state index contributed by atoms with van der Waals surface area (Å²) in [5, 5.41) is 19.9. The van der Waals surface area contributed by atoms with Gasteiger partial charge in [0.1, 0.15) is 11.8 Å². The molecule has 2 aromatic carbocycles. The average molecular weight is 501 g/mol. The summed E-state index contributed by atoms with van der Waals surface area (Å²) in [6.45, 7) is 3.60. The number of carboxylic acids is 1. The van der Waals surface area contributed by atoms with E-state index in [1.54, 1.807) is 18.1 Å². The first-order chi connectivity index (χ1) is 17.1. The zero-order valence-corrected chi connectivity index (χ0v) is 20.0. The number of benzene rings is 2. The second kappa shape index (κ2) is 10.2. The monoisotopic (exact) mass is 500 g/mol. The molecule has 0 unspecified atom stereocenters. The maximum absolute atomic E-state index is 12.9. The van der Waals surface area contributed by atoms with Gasteiger partial charge in [0.25, 0.3) is 0 Å². The highest BCUT2D eigenvalue weighted by Gasteiger charge is 2.33. The van der Waals surface area contributed by atoms with Gasteiger partial charge in [-0.25, -0.2) is 4.79 Å². The number of carbonyl (C=O) groups is 1. The molecule has 0 spiro atoms. The lowest BCUT2D eigenvalue weighted by Gasteiger charge is -2.42. The number of rotatable bonds is 7. The summed E-state index contributed by atoms with van der Waals surface area (Å²) in [5.41, 5.74) is 3.58. The van der Waals surface area contributed by atoms with E-state index in [9.17, 15) is 28.3 Å². The molecule has 4 rings (SSSR count). The number of aryl methyl sites for hydroxylation is 1. The summed E-state index contributed by atoms with van der Waals surface area (Å²) in [6, 6.07) is 10.1. The van der Waals surface area contributed by atoms with Crippen molar-refractivity contribution in [3.63, 3.8) is 0 Å². The smallest absolute Gasteiger partial charge is 0.390 e. The lowest BCUT2D eigenvalue weighted by molar-refractivity contribution is -0.139. The number of aromatic carboxylic acids is 1. The molecule has 7 nitrogen and oxygen atoms in total. The van der Waals surface area contributed by atoms with Crippen LogP contribution >= 0.6 is 0 Å². The highest BCUT2D eigenvalue weighted by atomic mass is 19.4. The van der Waals surface area contributed by atoms with Crippen molar-refractivity contribution >= 4 is 16.9 Å². The molecule has 0 saturated carbocycles. The Bertz CT molecular complexity index is 1310. The third-order valence-electron chi connectivity index (χ3n) is 6.76. The second-order valence-electron chi connectivity index (χ2n) is 9.01. The zero-order valence-electron chi connectivity index (χ0n) is 20.0. The van der Waals surface area contributed by atoms with Gasteiger partial charge in [0.15, 0.2) is 0 Å². The van der Waals surface area contributed by atoms with Gasteiger partial charge in [0.2, 0.25) is 0 Å². The van der Waals surface area contributed by atoms with Crippen LogP contribution in [0.3, 0.4) is 0 Å². The Balaban J connectivity index is 1.71. The highest BCUT2D eigenvalue weighted by molar-refractivity contribution is 5.90. The molecule has 0 radical (unpaired) electrons. The molecule has 0 aliphatic carbocycles. The molecule has 1 aromatic heterocycles. The van der Waals surface area contributed by atoms with Gasteiger partial charge in [-0.1, -0.05) is 6.07 Å². The number of nitrogens with one attached hydrogen (secondary N) is 1. The van der Waals surface area contributed by atoms with Crippen molar-refractivity contribution in [1.82, 2.24) is 14.8 Å². The van der Waals surface area contributed by atoms with Gasteiger partial charge < -0.3 is 14.8 Å². The van der Waals surface area contributed by atoms with Crippen molar-refractivity contribution in [2.24, 2.45) is 0 Å². The van der Waals surface area contributed by atoms with Crippen molar-refractivity contribution in [2.75, 3.05) is 33.3 Å². The molecule has 10 heteroatoms. The number of ether oxygens (including phenoxy) is 1. The topological polar surface area (TPSA) is 92.6 Å². The maximum Gasteiger partial charge on any atom is 0.390 e. The first kappa shape index (κ1) is 25.5. The van der Waals surface area contributed by atoms with E-state index < -0.39 is 18.6 Å². The van der Waals surface area contributed by atoms with Gasteiger partial charge >= 0.3 is 12.1 Å². The number of nitrogens with zero attached hydrogens (tertiary/aromatic N) is 3. The third kappa shape index (κ3) is 5.32. The van der Waals surface area contributed by atoms with E-state index in [-0.39, 0.29) is 23.7 Å². The van der Waals surface area contributed by atoms with E-state index in [2.05, 4.69) is 9.88 Å². The first-order valence-electron chi connectivity index (χ1n) is 11.6. The Morgan fingerprint density at radius 3 is 2.72 bits per heavy atom. The number of nitriles is 1. The highest BCUT2D eigenvalue weighted by Crippen LogP contribution is 2.35. The third-order valence-corrected chi connectivity index (χ3v) is 6.76. The van der Waals surface area contributed by atoms with Crippen molar-refractivity contribution in [3.05, 3.63) is 64.3 Å². The van der Waals surface area contributed by atoms with Crippen LogP contribution in [0, 0.1) is 18.3 Å². The van der Waals surface area contributed by atoms with E-state index in [0.717, 1.165) is 27.8 Å². The minimum Gasteiger partial charge on any atom is -0.496 e. The molecule has 1 saturated heterocycles. The first-order valence-corrected chi connectivity index (χ1v) is 11.6. The van der Waals surface area contributed by atoms with E-state index in [1.807, 2.05) is 31.3 Å². The summed E-state index contributed by atoms with van der Waals surface area (Å²) in [7, 11) is 1.60. The molecular formula is C26H27F3N4O3. The molecule has 36 heavy (non-hydrogen) atoms. The van der Waals surface area contributed by atoms with Gasteiger partial charge in [0, 0.05) is 61.4 Å². The fourth-order valence-corrected chi connectivity index (χ4v) is 4.90. The van der Waals surface area contributed by atoms with Crippen molar-refractivity contribution < 1.29 is 27.8 Å². The molecule has 190 valence electrons. The summed E-state index contributed by atoms with van der Waals surface area (Å²) >= 11 is 0. The SMILES string of the molecule is COc1cc(C)c2[nH]ccc2c1CN1CCN(CCC(F)(F)F)C[C@@H]1c1ccc(C(=O)O)c(C#N)c1. The van der Waals surface area contributed by atoms with Crippen molar-refractivity contribution in [3.8, 4) is 11.8 Å². The van der Waals surface area contributed by atoms with Crippen LogP contribution in [-0.4, -0.2) is 65.3 Å². The summed E-state index contributed by atoms with van der Waals surface area (Å²) < 4.78 is 44.4. The van der Waals surface area contributed by atoms with Crippen molar-refractivity contribution in [1.29, 1.82) is 5.26 Å². The van der Waals surface area contributed by atoms with Crippen molar-refractivity contribution in [2.45, 2.75) is 32.1 Å². The molecule has 1 fully saturated rings. The van der Waals surface area contributed by atoms with Crippen LogP contribution in [0.2, 0.25) is 0 Å². The number of carboxylic acid groups (broad SMARTS) is 1. The molecule has 0 amide bonds. The fraction of sp³-hybridized carbons (Fsp3) is 0.385. The molecule has 0 bridgehead atoms. The number of hydrogen-bond acceptors (Lipinski definition) is 5. The Hall–Kier alpha value is -3.55. The van der Waals surface area contributed by atoms with Crippen LogP contribution in [-0.2, 0) is 6.54 Å². The average Bonchev–Trinajstić information content (AvgIpc) is 3.34. The fourth-order valence-electron chi connectivity index (χ4n) is 4.90. The number of fused-ring (bicyclic) bond motifs is 1. The van der Waals surface area contributed by atoms with Crippen LogP contribution in [0.1, 0.15) is 45.1 Å². The number of hydrogen-bond donors (Lipinski definition) is 2. The second-order valence-corrected chi connectivity index (χ2v) is 9.01. The van der Waals surface area contributed by atoms with Gasteiger partial charge in [-0.3, -0.25) is 9.80 Å². The molecule has 2 N–H and O–H groups in total. The lowest BCUT2D eigenvalue weighted by atomic mass is 9.96. The normalized spacial score (nSPS) is 17.3. The Kier molecular flexibility index (Phi) is 7.24. The number of halogens is 3. The molecule has 1 aliphatic heterocycles. The minimum atomic E-state index is -4.25. The number of piperazine rings is 1. The van der Waals surface area contributed by atoms with E-state index in [1.165, 1.54) is 12.1 Å². The number of aromatic amines is 1. The number of H-pyrrole nitrogens is 1. The zero-order chi connectivity index (χ0) is 26.0. The van der Waals surface area contributed by atoms with Gasteiger partial charge in [-0.15, -0.1) is 0 Å². The van der Waals surface area contributed by atoms with E-state index in [0.29, 0.717) is 31.7 Å². The number of aromatic nitrogens is 1. The van der Waals surface area contributed by atoms with Gasteiger partial charge in [-0.05, 0) is 42.3 Å². The lowest BCUT2D eigenvalue weighted by Crippen LogP contribution is -2.48. The van der Waals surface area contributed by atoms with Gasteiger partial charge in [0.05, 0.1) is 24.7 Å². The Morgan fingerprint density at radius 1 is 1.28 bits per heavy atom. The Labute approximate surface area is 206 Å². The summed E-state index contributed by atoms with van der Waals surface area (Å²) in [4.78, 5) is 18.7. The standard InChI is InChI=1S/C26H27F3N4O3/c1-16-11-23(36-2)21(20-5-7-31-24(16)20)14-33-10-9-32(8-6-26(27,28)29)15-22(33)17-3-4-19(25(34)35)18(12-17)13-30/h3-5,7,11-12,22,31H,6,8-10,14-15H2,1-2H3,(H,34,35)/t22-/m1/s1. The predicted molar refractivity (Wildman–Crippen MR) is 128 cm³/mol. The van der Waals surface area contributed by atoms with E-state index in [4.69, 9.17) is 4.74 Å². The quantitative estimate of drug-likeness (QED) is 0.481. The van der Waals surface area contributed by atoms with Gasteiger partial charge in [-0.2, -0.15) is 18.4 Å². The Morgan fingerprint density at radius 2 is 2.06 bits per heavy atom. The molecule has 1 atom stereocenters. The van der Waals surface area contributed by atoms with Crippen LogP contribution in [0.15, 0.2) is 36.5 Å². The van der Waals surface area contributed by atoms with Crippen LogP contribution in [0.4, 0.5) is 13.2 Å². The largest absolute Gasteiger partial charge is 0.496 e. The number of alkyl halides is 3. The summed E-state index contributed by atoms with van der Waals surface area (Å²) in [5.74, 6) is -0.485. The van der Waals surface area contributed by atoms with Crippen LogP contribution < -0.4 is 4.74 Å². The molecular weight excluding hydrogens is 473 g/mol. The number of methoxy groups -OCH3 is 1. The van der Waals surface area contributed by atoms with Crippen LogP contribution in [0.5, 0.6) is 5.75 Å². The minimum absolute atomic E-state index is 0.0216. The molecule has 2 heterocycles. The molecule has 3 aromatic rings. The van der Waals surface area contributed by atoms with Crippen LogP contribution in [0.25, 0.3) is 10.9 Å². The molecule has 1 aliphatic rings. The maximum atomic E-state index is 12.9.